The molecule has 0 saturated carbocycles. The molecule has 3 N–H and O–H groups in total. The van der Waals surface area contributed by atoms with E-state index in [0.717, 1.165) is 0 Å². The third-order valence-corrected chi connectivity index (χ3v) is 1.77. The van der Waals surface area contributed by atoms with Crippen LogP contribution in [0.4, 0.5) is 24.7 Å². The first-order valence-corrected chi connectivity index (χ1v) is 4.50. The van der Waals surface area contributed by atoms with Crippen molar-refractivity contribution in [3.63, 3.8) is 0 Å². The van der Waals surface area contributed by atoms with Gasteiger partial charge in [0, 0.05) is 19.2 Å². The molecule has 0 unspecified atom stereocenters. The Kier molecular flexibility index (Phi) is 3.76. The molecule has 0 aliphatic rings. The molecular formula is C9H12F3N3. The molecule has 0 spiro atoms. The normalized spacial score (nSPS) is 11.4. The summed E-state index contributed by atoms with van der Waals surface area (Å²) in [5, 5.41) is 2.75. The lowest BCUT2D eigenvalue weighted by molar-refractivity contribution is -0.134. The number of halogens is 3. The minimum absolute atomic E-state index is 0.0134. The number of nitrogen functional groups attached to an aromatic ring is 1. The van der Waals surface area contributed by atoms with Crippen molar-refractivity contribution in [1.29, 1.82) is 0 Å². The van der Waals surface area contributed by atoms with E-state index in [1.165, 1.54) is 6.20 Å². The van der Waals surface area contributed by atoms with Gasteiger partial charge in [-0.15, -0.1) is 0 Å². The number of nitrogens with zero attached hydrogens (tertiary/aromatic N) is 1. The van der Waals surface area contributed by atoms with Crippen molar-refractivity contribution >= 4 is 11.5 Å². The molecule has 1 aromatic heterocycles. The van der Waals surface area contributed by atoms with Gasteiger partial charge in [-0.3, -0.25) is 0 Å². The van der Waals surface area contributed by atoms with Crippen LogP contribution in [-0.2, 0) is 0 Å². The fourth-order valence-electron chi connectivity index (χ4n) is 1.06. The molecule has 0 atom stereocenters. The van der Waals surface area contributed by atoms with E-state index >= 15 is 0 Å². The van der Waals surface area contributed by atoms with Crippen molar-refractivity contribution in [2.24, 2.45) is 0 Å². The van der Waals surface area contributed by atoms with E-state index in [-0.39, 0.29) is 13.0 Å². The zero-order valence-electron chi connectivity index (χ0n) is 8.01. The van der Waals surface area contributed by atoms with Gasteiger partial charge in [-0.1, -0.05) is 0 Å². The standard InChI is InChI=1S/C9H12F3N3/c10-9(11,12)4-2-6-15-8-7(13)3-1-5-14-8/h1,3,5H,2,4,6,13H2,(H,14,15). The van der Waals surface area contributed by atoms with Gasteiger partial charge in [-0.25, -0.2) is 4.98 Å². The van der Waals surface area contributed by atoms with Crippen LogP contribution < -0.4 is 11.1 Å². The minimum Gasteiger partial charge on any atom is -0.396 e. The molecule has 84 valence electrons. The number of rotatable bonds is 4. The molecular weight excluding hydrogens is 207 g/mol. The summed E-state index contributed by atoms with van der Waals surface area (Å²) in [7, 11) is 0. The molecule has 0 fully saturated rings. The Hall–Kier alpha value is -1.46. The van der Waals surface area contributed by atoms with E-state index in [1.807, 2.05) is 0 Å². The number of nitrogens with one attached hydrogen (secondary N) is 1. The van der Waals surface area contributed by atoms with Crippen LogP contribution in [0.5, 0.6) is 0 Å². The number of alkyl halides is 3. The Morgan fingerprint density at radius 2 is 2.13 bits per heavy atom. The second-order valence-electron chi connectivity index (χ2n) is 3.09. The first-order valence-electron chi connectivity index (χ1n) is 4.50. The lowest BCUT2D eigenvalue weighted by atomic mass is 10.3. The highest BCUT2D eigenvalue weighted by Gasteiger charge is 2.25. The Balaban J connectivity index is 2.30. The summed E-state index contributed by atoms with van der Waals surface area (Å²) in [6.45, 7) is 0.209. The van der Waals surface area contributed by atoms with Crippen LogP contribution in [-0.4, -0.2) is 17.7 Å². The molecule has 0 bridgehead atoms. The zero-order valence-corrected chi connectivity index (χ0v) is 8.01. The minimum atomic E-state index is -4.10. The number of hydrogen-bond acceptors (Lipinski definition) is 3. The summed E-state index contributed by atoms with van der Waals surface area (Å²) in [5.41, 5.74) is 5.98. The van der Waals surface area contributed by atoms with Gasteiger partial charge in [0.15, 0.2) is 0 Å². The van der Waals surface area contributed by atoms with Crippen LogP contribution >= 0.6 is 0 Å². The van der Waals surface area contributed by atoms with Crippen LogP contribution in [0.25, 0.3) is 0 Å². The molecule has 1 heterocycles. The highest BCUT2D eigenvalue weighted by molar-refractivity contribution is 5.60. The van der Waals surface area contributed by atoms with Gasteiger partial charge >= 0.3 is 6.18 Å². The van der Waals surface area contributed by atoms with E-state index < -0.39 is 12.6 Å². The van der Waals surface area contributed by atoms with Crippen LogP contribution in [0.15, 0.2) is 18.3 Å². The highest BCUT2D eigenvalue weighted by atomic mass is 19.4. The SMILES string of the molecule is Nc1cccnc1NCCCC(F)(F)F. The molecule has 0 aromatic carbocycles. The summed E-state index contributed by atoms with van der Waals surface area (Å²) in [6, 6.07) is 3.30. The number of pyridine rings is 1. The summed E-state index contributed by atoms with van der Waals surface area (Å²) >= 11 is 0. The average Bonchev–Trinajstić information content (AvgIpc) is 2.13. The van der Waals surface area contributed by atoms with Gasteiger partial charge in [-0.2, -0.15) is 13.2 Å². The van der Waals surface area contributed by atoms with E-state index in [2.05, 4.69) is 10.3 Å². The number of anilines is 2. The van der Waals surface area contributed by atoms with Crippen molar-refractivity contribution < 1.29 is 13.2 Å². The van der Waals surface area contributed by atoms with Crippen LogP contribution in [0.1, 0.15) is 12.8 Å². The summed E-state index contributed by atoms with van der Waals surface area (Å²) in [4.78, 5) is 3.89. The second-order valence-corrected chi connectivity index (χ2v) is 3.09. The first kappa shape index (κ1) is 11.6. The van der Waals surface area contributed by atoms with Crippen LogP contribution in [0.3, 0.4) is 0 Å². The molecule has 3 nitrogen and oxygen atoms in total. The molecule has 0 saturated heterocycles. The fraction of sp³-hybridized carbons (Fsp3) is 0.444. The zero-order chi connectivity index (χ0) is 11.3. The highest BCUT2D eigenvalue weighted by Crippen LogP contribution is 2.21. The molecule has 0 amide bonds. The molecule has 0 aliphatic carbocycles. The summed E-state index contributed by atoms with van der Waals surface area (Å²) in [6.07, 6.45) is -3.36. The number of nitrogens with two attached hydrogens (primary N) is 1. The van der Waals surface area contributed by atoms with Crippen LogP contribution in [0.2, 0.25) is 0 Å². The maximum atomic E-state index is 11.8. The largest absolute Gasteiger partial charge is 0.396 e. The molecule has 15 heavy (non-hydrogen) atoms. The van der Waals surface area contributed by atoms with Gasteiger partial charge in [-0.05, 0) is 18.6 Å². The van der Waals surface area contributed by atoms with E-state index in [1.54, 1.807) is 12.1 Å². The summed E-state index contributed by atoms with van der Waals surface area (Å²) in [5.74, 6) is 0.430. The smallest absolute Gasteiger partial charge is 0.389 e. The monoisotopic (exact) mass is 219 g/mol. The maximum absolute atomic E-state index is 11.8. The molecule has 1 aromatic rings. The first-order chi connectivity index (χ1) is 6.99. The number of aromatic nitrogens is 1. The Bertz CT molecular complexity index is 312. The topological polar surface area (TPSA) is 50.9 Å². The molecule has 1 rings (SSSR count). The summed E-state index contributed by atoms with van der Waals surface area (Å²) < 4.78 is 35.4. The third-order valence-electron chi connectivity index (χ3n) is 1.77. The van der Waals surface area contributed by atoms with E-state index in [4.69, 9.17) is 5.73 Å². The molecule has 0 aliphatic heterocycles. The predicted octanol–water partition coefficient (Wildman–Crippen LogP) is 2.42. The van der Waals surface area contributed by atoms with Gasteiger partial charge in [0.2, 0.25) is 0 Å². The van der Waals surface area contributed by atoms with Crippen molar-refractivity contribution in [3.05, 3.63) is 18.3 Å². The molecule has 6 heteroatoms. The molecule has 0 radical (unpaired) electrons. The van der Waals surface area contributed by atoms with Crippen molar-refractivity contribution in [2.45, 2.75) is 19.0 Å². The lowest BCUT2D eigenvalue weighted by Crippen LogP contribution is -2.12. The van der Waals surface area contributed by atoms with Crippen molar-refractivity contribution in [2.75, 3.05) is 17.6 Å². The van der Waals surface area contributed by atoms with Gasteiger partial charge in [0.05, 0.1) is 5.69 Å². The Morgan fingerprint density at radius 3 is 2.73 bits per heavy atom. The lowest BCUT2D eigenvalue weighted by Gasteiger charge is -2.08. The predicted molar refractivity (Wildman–Crippen MR) is 52.4 cm³/mol. The van der Waals surface area contributed by atoms with Gasteiger partial charge < -0.3 is 11.1 Å². The maximum Gasteiger partial charge on any atom is 0.389 e. The van der Waals surface area contributed by atoms with E-state index in [9.17, 15) is 13.2 Å². The van der Waals surface area contributed by atoms with Gasteiger partial charge in [0.25, 0.3) is 0 Å². The van der Waals surface area contributed by atoms with E-state index in [0.29, 0.717) is 11.5 Å². The Morgan fingerprint density at radius 1 is 1.40 bits per heavy atom. The second kappa shape index (κ2) is 4.86. The van der Waals surface area contributed by atoms with Crippen molar-refractivity contribution in [3.8, 4) is 0 Å². The Labute approximate surface area is 85.5 Å². The van der Waals surface area contributed by atoms with Gasteiger partial charge in [0.1, 0.15) is 5.82 Å². The van der Waals surface area contributed by atoms with Crippen LogP contribution in [0, 0.1) is 0 Å². The fourth-order valence-corrected chi connectivity index (χ4v) is 1.06. The average molecular weight is 219 g/mol. The third kappa shape index (κ3) is 4.53. The quantitative estimate of drug-likeness (QED) is 0.764. The number of hydrogen-bond donors (Lipinski definition) is 2. The van der Waals surface area contributed by atoms with Crippen molar-refractivity contribution in [1.82, 2.24) is 4.98 Å².